The van der Waals surface area contributed by atoms with Gasteiger partial charge in [0.25, 0.3) is 5.69 Å². The summed E-state index contributed by atoms with van der Waals surface area (Å²) in [6.07, 6.45) is 1.96. The highest BCUT2D eigenvalue weighted by molar-refractivity contribution is 5.95. The molecule has 1 saturated carbocycles. The fourth-order valence-corrected chi connectivity index (χ4v) is 2.13. The van der Waals surface area contributed by atoms with Crippen molar-refractivity contribution in [1.29, 1.82) is 0 Å². The molecule has 0 aromatic heterocycles. The van der Waals surface area contributed by atoms with Gasteiger partial charge in [-0.1, -0.05) is 0 Å². The van der Waals surface area contributed by atoms with Crippen LogP contribution in [0.2, 0.25) is 0 Å². The molecule has 0 bridgehead atoms. The first-order valence-electron chi connectivity index (χ1n) is 6.21. The van der Waals surface area contributed by atoms with Crippen LogP contribution >= 0.6 is 0 Å². The number of hydrogen-bond acceptors (Lipinski definition) is 5. The number of hydrogen-bond donors (Lipinski definition) is 1. The Morgan fingerprint density at radius 3 is 2.68 bits per heavy atom. The molecular weight excluding hydrogens is 248 g/mol. The van der Waals surface area contributed by atoms with Gasteiger partial charge >= 0.3 is 0 Å². The number of nitrogens with zero attached hydrogens (tertiary/aromatic N) is 2. The van der Waals surface area contributed by atoms with Crippen molar-refractivity contribution < 1.29 is 14.8 Å². The van der Waals surface area contributed by atoms with E-state index in [0.29, 0.717) is 17.8 Å². The van der Waals surface area contributed by atoms with E-state index >= 15 is 0 Å². The molecule has 6 heteroatoms. The average Bonchev–Trinajstić information content (AvgIpc) is 3.19. The minimum absolute atomic E-state index is 0.0535. The van der Waals surface area contributed by atoms with E-state index in [-0.39, 0.29) is 24.1 Å². The van der Waals surface area contributed by atoms with E-state index in [4.69, 9.17) is 5.11 Å². The molecule has 6 nitrogen and oxygen atoms in total. The largest absolute Gasteiger partial charge is 0.395 e. The van der Waals surface area contributed by atoms with Gasteiger partial charge < -0.3 is 10.0 Å². The van der Waals surface area contributed by atoms with Crippen molar-refractivity contribution >= 4 is 17.2 Å². The summed E-state index contributed by atoms with van der Waals surface area (Å²) in [6.45, 7) is 1.69. The van der Waals surface area contributed by atoms with Crippen LogP contribution in [0.3, 0.4) is 0 Å². The van der Waals surface area contributed by atoms with Crippen LogP contribution in [0.15, 0.2) is 18.2 Å². The monoisotopic (exact) mass is 264 g/mol. The molecule has 1 fully saturated rings. The van der Waals surface area contributed by atoms with Gasteiger partial charge in [-0.2, -0.15) is 0 Å². The fourth-order valence-electron chi connectivity index (χ4n) is 2.13. The molecule has 1 aliphatic carbocycles. The molecule has 0 heterocycles. The SMILES string of the molecule is CC(=O)c1ccc(N(CCO)C2CC2)c([N+](=O)[O-])c1. The van der Waals surface area contributed by atoms with Gasteiger partial charge in [-0.05, 0) is 31.9 Å². The fraction of sp³-hybridized carbons (Fsp3) is 0.462. The predicted molar refractivity (Wildman–Crippen MR) is 70.6 cm³/mol. The molecule has 0 saturated heterocycles. The molecular formula is C13H16N2O4. The molecule has 0 unspecified atom stereocenters. The zero-order chi connectivity index (χ0) is 14.0. The summed E-state index contributed by atoms with van der Waals surface area (Å²) in [7, 11) is 0. The molecule has 1 aliphatic rings. The van der Waals surface area contributed by atoms with Gasteiger partial charge in [0.05, 0.1) is 11.5 Å². The first-order chi connectivity index (χ1) is 9.04. The third-order valence-electron chi connectivity index (χ3n) is 3.22. The zero-order valence-corrected chi connectivity index (χ0v) is 10.7. The third-order valence-corrected chi connectivity index (χ3v) is 3.22. The Hall–Kier alpha value is -1.95. The number of ketones is 1. The molecule has 19 heavy (non-hydrogen) atoms. The topological polar surface area (TPSA) is 83.7 Å². The van der Waals surface area contributed by atoms with E-state index in [1.165, 1.54) is 13.0 Å². The van der Waals surface area contributed by atoms with Crippen LogP contribution in [0.4, 0.5) is 11.4 Å². The summed E-state index contributed by atoms with van der Waals surface area (Å²) < 4.78 is 0. The Bertz CT molecular complexity index is 511. The number of aliphatic hydroxyl groups is 1. The third kappa shape index (κ3) is 2.90. The van der Waals surface area contributed by atoms with Crippen LogP contribution in [-0.4, -0.2) is 35.0 Å². The molecule has 0 radical (unpaired) electrons. The maximum Gasteiger partial charge on any atom is 0.293 e. The van der Waals surface area contributed by atoms with Crippen LogP contribution in [0.1, 0.15) is 30.1 Å². The molecule has 2 rings (SSSR count). The quantitative estimate of drug-likeness (QED) is 0.481. The summed E-state index contributed by atoms with van der Waals surface area (Å²) in [4.78, 5) is 23.8. The first kappa shape index (κ1) is 13.5. The lowest BCUT2D eigenvalue weighted by Crippen LogP contribution is -2.29. The Morgan fingerprint density at radius 1 is 1.53 bits per heavy atom. The number of benzene rings is 1. The van der Waals surface area contributed by atoms with Crippen LogP contribution in [0.25, 0.3) is 0 Å². The maximum atomic E-state index is 11.3. The minimum atomic E-state index is -0.478. The van der Waals surface area contributed by atoms with Crippen molar-refractivity contribution in [3.63, 3.8) is 0 Å². The van der Waals surface area contributed by atoms with Gasteiger partial charge in [0.2, 0.25) is 0 Å². The number of carbonyl (C=O) groups excluding carboxylic acids is 1. The summed E-state index contributed by atoms with van der Waals surface area (Å²) in [5.74, 6) is -0.199. The number of nitro groups is 1. The second kappa shape index (κ2) is 5.36. The molecule has 0 amide bonds. The van der Waals surface area contributed by atoms with Crippen molar-refractivity contribution in [3.05, 3.63) is 33.9 Å². The van der Waals surface area contributed by atoms with Crippen molar-refractivity contribution in [3.8, 4) is 0 Å². The lowest BCUT2D eigenvalue weighted by Gasteiger charge is -2.23. The Balaban J connectivity index is 2.42. The standard InChI is InChI=1S/C13H16N2O4/c1-9(17)10-2-5-12(13(8-10)15(18)19)14(6-7-16)11-3-4-11/h2,5,8,11,16H,3-4,6-7H2,1H3. The molecule has 1 aromatic carbocycles. The van der Waals surface area contributed by atoms with Crippen LogP contribution < -0.4 is 4.90 Å². The Morgan fingerprint density at radius 2 is 2.21 bits per heavy atom. The summed E-state index contributed by atoms with van der Waals surface area (Å²) in [6, 6.07) is 4.76. The predicted octanol–water partition coefficient (Wildman–Crippen LogP) is 1.76. The Labute approximate surface area is 110 Å². The number of nitro benzene ring substituents is 1. The van der Waals surface area contributed by atoms with E-state index in [2.05, 4.69) is 0 Å². The van der Waals surface area contributed by atoms with E-state index in [0.717, 1.165) is 12.8 Å². The number of rotatable bonds is 6. The van der Waals surface area contributed by atoms with E-state index < -0.39 is 4.92 Å². The number of Topliss-reactive ketones (excluding diaryl/α,β-unsaturated/α-hetero) is 1. The summed E-state index contributed by atoms with van der Waals surface area (Å²) >= 11 is 0. The molecule has 1 aromatic rings. The second-order valence-corrected chi connectivity index (χ2v) is 4.66. The van der Waals surface area contributed by atoms with Crippen molar-refractivity contribution in [2.45, 2.75) is 25.8 Å². The smallest absolute Gasteiger partial charge is 0.293 e. The highest BCUT2D eigenvalue weighted by Gasteiger charge is 2.32. The highest BCUT2D eigenvalue weighted by atomic mass is 16.6. The second-order valence-electron chi connectivity index (χ2n) is 4.66. The lowest BCUT2D eigenvalue weighted by atomic mass is 10.1. The zero-order valence-electron chi connectivity index (χ0n) is 10.7. The maximum absolute atomic E-state index is 11.3. The highest BCUT2D eigenvalue weighted by Crippen LogP contribution is 2.37. The number of carbonyl (C=O) groups is 1. The normalized spacial score (nSPS) is 14.2. The lowest BCUT2D eigenvalue weighted by molar-refractivity contribution is -0.384. The molecule has 0 atom stereocenters. The van der Waals surface area contributed by atoms with E-state index in [1.54, 1.807) is 12.1 Å². The number of aliphatic hydroxyl groups excluding tert-OH is 1. The molecule has 1 N–H and O–H groups in total. The van der Waals surface area contributed by atoms with Crippen molar-refractivity contribution in [2.24, 2.45) is 0 Å². The van der Waals surface area contributed by atoms with Gasteiger partial charge in [0.15, 0.2) is 5.78 Å². The minimum Gasteiger partial charge on any atom is -0.395 e. The van der Waals surface area contributed by atoms with Crippen LogP contribution in [0, 0.1) is 10.1 Å². The summed E-state index contributed by atoms with van der Waals surface area (Å²) in [5.41, 5.74) is 0.731. The Kier molecular flexibility index (Phi) is 3.80. The summed E-state index contributed by atoms with van der Waals surface area (Å²) in [5, 5.41) is 20.2. The molecule has 0 spiro atoms. The number of anilines is 1. The molecule has 0 aliphatic heterocycles. The van der Waals surface area contributed by atoms with Gasteiger partial charge in [-0.3, -0.25) is 14.9 Å². The van der Waals surface area contributed by atoms with Crippen LogP contribution in [-0.2, 0) is 0 Å². The van der Waals surface area contributed by atoms with Crippen molar-refractivity contribution in [1.82, 2.24) is 0 Å². The van der Waals surface area contributed by atoms with E-state index in [9.17, 15) is 14.9 Å². The van der Waals surface area contributed by atoms with Gasteiger partial charge in [0, 0.05) is 24.2 Å². The van der Waals surface area contributed by atoms with Crippen molar-refractivity contribution in [2.75, 3.05) is 18.1 Å². The van der Waals surface area contributed by atoms with Gasteiger partial charge in [0.1, 0.15) is 5.69 Å². The van der Waals surface area contributed by atoms with Gasteiger partial charge in [-0.25, -0.2) is 0 Å². The average molecular weight is 264 g/mol. The van der Waals surface area contributed by atoms with Crippen LogP contribution in [0.5, 0.6) is 0 Å². The van der Waals surface area contributed by atoms with E-state index in [1.807, 2.05) is 4.90 Å². The first-order valence-corrected chi connectivity index (χ1v) is 6.21. The van der Waals surface area contributed by atoms with Gasteiger partial charge in [-0.15, -0.1) is 0 Å². The molecule has 102 valence electrons.